The number of ether oxygens (including phenoxy) is 2. The van der Waals surface area contributed by atoms with E-state index < -0.39 is 17.6 Å². The van der Waals surface area contributed by atoms with Crippen molar-refractivity contribution in [3.05, 3.63) is 70.9 Å². The van der Waals surface area contributed by atoms with Crippen LogP contribution >= 0.6 is 0 Å². The lowest BCUT2D eigenvalue weighted by Gasteiger charge is -2.29. The summed E-state index contributed by atoms with van der Waals surface area (Å²) in [7, 11) is 1.58. The molecule has 2 aromatic carbocycles. The second-order valence-corrected chi connectivity index (χ2v) is 7.81. The summed E-state index contributed by atoms with van der Waals surface area (Å²) in [6.07, 6.45) is 2.26. The van der Waals surface area contributed by atoms with Crippen LogP contribution in [0.4, 0.5) is 8.78 Å². The molecule has 32 heavy (non-hydrogen) atoms. The van der Waals surface area contributed by atoms with Gasteiger partial charge in [-0.05, 0) is 60.9 Å². The number of rotatable bonds is 7. The predicted octanol–water partition coefficient (Wildman–Crippen LogP) is 4.42. The van der Waals surface area contributed by atoms with Gasteiger partial charge in [0.25, 0.3) is 0 Å². The zero-order chi connectivity index (χ0) is 22.7. The third kappa shape index (κ3) is 4.71. The Labute approximate surface area is 183 Å². The van der Waals surface area contributed by atoms with Gasteiger partial charge in [-0.3, -0.25) is 0 Å². The van der Waals surface area contributed by atoms with Crippen molar-refractivity contribution in [2.75, 3.05) is 7.11 Å². The summed E-state index contributed by atoms with van der Waals surface area (Å²) in [5.41, 5.74) is 1.14. The molecule has 1 heterocycles. The second-order valence-electron chi connectivity index (χ2n) is 7.81. The van der Waals surface area contributed by atoms with Gasteiger partial charge in [-0.15, -0.1) is 5.10 Å². The van der Waals surface area contributed by atoms with E-state index in [1.54, 1.807) is 19.2 Å². The Morgan fingerprint density at radius 2 is 1.84 bits per heavy atom. The lowest BCUT2D eigenvalue weighted by molar-refractivity contribution is 0.0676. The number of halogens is 2. The van der Waals surface area contributed by atoms with Crippen LogP contribution in [-0.4, -0.2) is 39.3 Å². The highest BCUT2D eigenvalue weighted by Crippen LogP contribution is 2.36. The molecule has 0 radical (unpaired) electrons. The minimum absolute atomic E-state index is 0.0308. The number of carbonyl (C=O) groups is 1. The quantitative estimate of drug-likeness (QED) is 0.582. The molecular formula is C23H23F2N3O4. The fourth-order valence-electron chi connectivity index (χ4n) is 4.04. The number of aromatic carboxylic acids is 1. The van der Waals surface area contributed by atoms with E-state index in [1.165, 1.54) is 16.8 Å². The van der Waals surface area contributed by atoms with E-state index in [9.17, 15) is 18.7 Å². The van der Waals surface area contributed by atoms with Crippen LogP contribution in [0.2, 0.25) is 0 Å². The number of benzene rings is 2. The fourth-order valence-corrected chi connectivity index (χ4v) is 4.04. The van der Waals surface area contributed by atoms with Crippen molar-refractivity contribution < 1.29 is 28.2 Å². The topological polar surface area (TPSA) is 86.5 Å². The van der Waals surface area contributed by atoms with Gasteiger partial charge in [0.15, 0.2) is 0 Å². The Balaban J connectivity index is 1.46. The summed E-state index contributed by atoms with van der Waals surface area (Å²) in [6.45, 7) is 0.287. The molecule has 0 unspecified atom stereocenters. The summed E-state index contributed by atoms with van der Waals surface area (Å²) in [5, 5.41) is 17.2. The van der Waals surface area contributed by atoms with E-state index in [1.807, 2.05) is 12.1 Å². The first-order chi connectivity index (χ1) is 15.4. The Hall–Kier alpha value is -3.49. The van der Waals surface area contributed by atoms with Gasteiger partial charge in [0.1, 0.15) is 23.5 Å². The number of hydrogen-bond donors (Lipinski definition) is 1. The molecule has 1 aromatic heterocycles. The highest BCUT2D eigenvalue weighted by molar-refractivity contribution is 5.87. The van der Waals surface area contributed by atoms with Crippen LogP contribution in [0.25, 0.3) is 0 Å². The zero-order valence-corrected chi connectivity index (χ0v) is 17.5. The van der Waals surface area contributed by atoms with E-state index in [-0.39, 0.29) is 30.1 Å². The lowest BCUT2D eigenvalue weighted by atomic mass is 9.82. The van der Waals surface area contributed by atoms with Gasteiger partial charge in [0.2, 0.25) is 11.6 Å². The summed E-state index contributed by atoms with van der Waals surface area (Å²) in [5.74, 6) is -1.57. The largest absolute Gasteiger partial charge is 0.497 e. The van der Waals surface area contributed by atoms with Gasteiger partial charge in [-0.1, -0.05) is 23.4 Å². The summed E-state index contributed by atoms with van der Waals surface area (Å²) in [4.78, 5) is 11.6. The third-order valence-electron chi connectivity index (χ3n) is 5.74. The van der Waals surface area contributed by atoms with Gasteiger partial charge in [0.05, 0.1) is 13.7 Å². The minimum atomic E-state index is -1.22. The Morgan fingerprint density at radius 1 is 1.12 bits per heavy atom. The van der Waals surface area contributed by atoms with Crippen LogP contribution in [0.3, 0.4) is 0 Å². The third-order valence-corrected chi connectivity index (χ3v) is 5.74. The minimum Gasteiger partial charge on any atom is -0.497 e. The predicted molar refractivity (Wildman–Crippen MR) is 111 cm³/mol. The Bertz CT molecular complexity index is 1090. The summed E-state index contributed by atoms with van der Waals surface area (Å²) >= 11 is 0. The first-order valence-corrected chi connectivity index (χ1v) is 10.4. The molecular weight excluding hydrogens is 420 g/mol. The molecule has 0 bridgehead atoms. The number of methoxy groups -OCH3 is 1. The van der Waals surface area contributed by atoms with Crippen LogP contribution in [-0.2, 0) is 6.54 Å². The number of carboxylic acid groups (broad SMARTS) is 1. The van der Waals surface area contributed by atoms with Crippen LogP contribution in [0.15, 0.2) is 42.5 Å². The van der Waals surface area contributed by atoms with Crippen LogP contribution in [0, 0.1) is 11.6 Å². The molecule has 0 spiro atoms. The van der Waals surface area contributed by atoms with E-state index in [0.717, 1.165) is 11.6 Å². The van der Waals surface area contributed by atoms with Gasteiger partial charge >= 0.3 is 5.97 Å². The normalized spacial score (nSPS) is 18.3. The molecule has 0 saturated heterocycles. The number of carboxylic acids is 1. The molecule has 1 aliphatic carbocycles. The van der Waals surface area contributed by atoms with Crippen molar-refractivity contribution >= 4 is 5.97 Å². The number of hydrogen-bond acceptors (Lipinski definition) is 5. The van der Waals surface area contributed by atoms with Gasteiger partial charge < -0.3 is 14.6 Å². The molecule has 0 amide bonds. The van der Waals surface area contributed by atoms with E-state index in [2.05, 4.69) is 10.3 Å². The average molecular weight is 443 g/mol. The fraction of sp³-hybridized carbons (Fsp3) is 0.348. The molecule has 1 saturated carbocycles. The van der Waals surface area contributed by atoms with Crippen LogP contribution in [0.1, 0.15) is 53.2 Å². The second kappa shape index (κ2) is 9.33. The maximum atomic E-state index is 14.1. The van der Waals surface area contributed by atoms with Crippen molar-refractivity contribution in [1.29, 1.82) is 0 Å². The molecule has 1 fully saturated rings. The SMILES string of the molecule is COc1ccc(Cn2nnc(C(=O)O)c2OC2CCC(c3ccc(F)cc3F)CC2)cc1. The number of aromatic nitrogens is 3. The zero-order valence-electron chi connectivity index (χ0n) is 17.5. The molecule has 4 rings (SSSR count). The van der Waals surface area contributed by atoms with E-state index >= 15 is 0 Å². The molecule has 9 heteroatoms. The lowest BCUT2D eigenvalue weighted by Crippen LogP contribution is -2.25. The summed E-state index contributed by atoms with van der Waals surface area (Å²) in [6, 6.07) is 11.0. The van der Waals surface area contributed by atoms with Crippen molar-refractivity contribution in [2.45, 2.75) is 44.2 Å². The van der Waals surface area contributed by atoms with Gasteiger partial charge in [0, 0.05) is 6.07 Å². The van der Waals surface area contributed by atoms with Crippen molar-refractivity contribution in [1.82, 2.24) is 15.0 Å². The van der Waals surface area contributed by atoms with Crippen LogP contribution in [0.5, 0.6) is 11.6 Å². The molecule has 3 aromatic rings. The molecule has 1 N–H and O–H groups in total. The maximum Gasteiger partial charge on any atom is 0.362 e. The van der Waals surface area contributed by atoms with E-state index in [4.69, 9.17) is 9.47 Å². The molecule has 0 aliphatic heterocycles. The summed E-state index contributed by atoms with van der Waals surface area (Å²) < 4.78 is 39.9. The van der Waals surface area contributed by atoms with Crippen LogP contribution < -0.4 is 9.47 Å². The smallest absolute Gasteiger partial charge is 0.362 e. The highest BCUT2D eigenvalue weighted by Gasteiger charge is 2.29. The Kier molecular flexibility index (Phi) is 6.34. The number of nitrogens with zero attached hydrogens (tertiary/aromatic N) is 3. The van der Waals surface area contributed by atoms with Gasteiger partial charge in [-0.2, -0.15) is 0 Å². The first-order valence-electron chi connectivity index (χ1n) is 10.4. The standard InChI is InChI=1S/C23H23F2N3O4/c1-31-17-7-2-14(3-8-17)13-28-22(21(23(29)30)26-27-28)32-18-9-4-15(5-10-18)19-11-6-16(24)12-20(19)25/h2-3,6-8,11-12,15,18H,4-5,9-10,13H2,1H3,(H,29,30). The molecule has 1 aliphatic rings. The van der Waals surface area contributed by atoms with E-state index in [0.29, 0.717) is 37.0 Å². The van der Waals surface area contributed by atoms with Crippen molar-refractivity contribution in [3.63, 3.8) is 0 Å². The average Bonchev–Trinajstić information content (AvgIpc) is 3.17. The molecule has 168 valence electrons. The molecule has 0 atom stereocenters. The van der Waals surface area contributed by atoms with Crippen molar-refractivity contribution in [3.8, 4) is 11.6 Å². The highest BCUT2D eigenvalue weighted by atomic mass is 19.1. The maximum absolute atomic E-state index is 14.1. The first kappa shape index (κ1) is 21.7. The van der Waals surface area contributed by atoms with Gasteiger partial charge in [-0.25, -0.2) is 18.3 Å². The Morgan fingerprint density at radius 3 is 2.47 bits per heavy atom. The van der Waals surface area contributed by atoms with Crippen molar-refractivity contribution in [2.24, 2.45) is 0 Å². The monoisotopic (exact) mass is 443 g/mol. The molecule has 7 nitrogen and oxygen atoms in total.